The van der Waals surface area contributed by atoms with Gasteiger partial charge in [0, 0.05) is 6.04 Å². The number of fused-ring (bicyclic) bond motifs is 1. The van der Waals surface area contributed by atoms with E-state index in [9.17, 15) is 4.79 Å². The lowest BCUT2D eigenvalue weighted by Crippen LogP contribution is -2.23. The van der Waals surface area contributed by atoms with Gasteiger partial charge in [-0.25, -0.2) is 4.79 Å². The highest BCUT2D eigenvalue weighted by Gasteiger charge is 2.08. The Morgan fingerprint density at radius 3 is 2.81 bits per heavy atom. The lowest BCUT2D eigenvalue weighted by atomic mass is 10.2. The quantitative estimate of drug-likeness (QED) is 0.784. The van der Waals surface area contributed by atoms with Crippen LogP contribution in [0.1, 0.15) is 17.3 Å². The second-order valence-corrected chi connectivity index (χ2v) is 3.74. The van der Waals surface area contributed by atoms with E-state index in [1.54, 1.807) is 6.07 Å². The Balaban J connectivity index is 2.42. The van der Waals surface area contributed by atoms with Crippen molar-refractivity contribution in [2.75, 3.05) is 0 Å². The normalized spacial score (nSPS) is 12.9. The molecule has 0 saturated heterocycles. The largest absolute Gasteiger partial charge is 0.478 e. The van der Waals surface area contributed by atoms with Gasteiger partial charge in [0.25, 0.3) is 0 Å². The minimum atomic E-state index is -0.969. The van der Waals surface area contributed by atoms with Gasteiger partial charge in [-0.15, -0.1) is 0 Å². The average molecular weight is 220 g/mol. The standard InChI is InChI=1S/C10H12N4O2/c1-6(11)5-14-12-8-3-2-7(10(15)16)4-9(8)13-14/h2-4,6H,5,11H2,1H3,(H,15,16)/t6-/m1/s1. The maximum Gasteiger partial charge on any atom is 0.335 e. The summed E-state index contributed by atoms with van der Waals surface area (Å²) in [6.07, 6.45) is 0. The third kappa shape index (κ3) is 2.01. The molecule has 1 heterocycles. The number of benzene rings is 1. The van der Waals surface area contributed by atoms with Gasteiger partial charge in [0.15, 0.2) is 0 Å². The van der Waals surface area contributed by atoms with Gasteiger partial charge in [0.1, 0.15) is 11.0 Å². The van der Waals surface area contributed by atoms with Crippen molar-refractivity contribution in [1.82, 2.24) is 15.0 Å². The second-order valence-electron chi connectivity index (χ2n) is 3.74. The molecule has 3 N–H and O–H groups in total. The van der Waals surface area contributed by atoms with E-state index in [-0.39, 0.29) is 11.6 Å². The molecule has 2 rings (SSSR count). The maximum atomic E-state index is 10.8. The SMILES string of the molecule is C[C@@H](N)Cn1nc2ccc(C(=O)O)cc2n1. The molecule has 0 saturated carbocycles. The van der Waals surface area contributed by atoms with Gasteiger partial charge in [-0.1, -0.05) is 0 Å². The van der Waals surface area contributed by atoms with Crippen molar-refractivity contribution in [2.24, 2.45) is 5.73 Å². The van der Waals surface area contributed by atoms with E-state index in [4.69, 9.17) is 10.8 Å². The van der Waals surface area contributed by atoms with Crippen molar-refractivity contribution < 1.29 is 9.90 Å². The van der Waals surface area contributed by atoms with Crippen LogP contribution in [0.5, 0.6) is 0 Å². The monoisotopic (exact) mass is 220 g/mol. The predicted molar refractivity (Wildman–Crippen MR) is 58.1 cm³/mol. The molecular weight excluding hydrogens is 208 g/mol. The van der Waals surface area contributed by atoms with Gasteiger partial charge in [0.05, 0.1) is 12.1 Å². The zero-order valence-corrected chi connectivity index (χ0v) is 8.79. The Kier molecular flexibility index (Phi) is 2.57. The Hall–Kier alpha value is -1.95. The molecule has 1 aromatic heterocycles. The van der Waals surface area contributed by atoms with Crippen molar-refractivity contribution >= 4 is 17.0 Å². The van der Waals surface area contributed by atoms with Crippen molar-refractivity contribution in [3.63, 3.8) is 0 Å². The van der Waals surface area contributed by atoms with Crippen LogP contribution in [-0.2, 0) is 6.54 Å². The number of aromatic carboxylic acids is 1. The summed E-state index contributed by atoms with van der Waals surface area (Å²) in [6, 6.07) is 4.61. The van der Waals surface area contributed by atoms with Crippen LogP contribution in [0.4, 0.5) is 0 Å². The lowest BCUT2D eigenvalue weighted by Gasteiger charge is -2.01. The summed E-state index contributed by atoms with van der Waals surface area (Å²) in [7, 11) is 0. The van der Waals surface area contributed by atoms with Crippen molar-refractivity contribution in [2.45, 2.75) is 19.5 Å². The van der Waals surface area contributed by atoms with E-state index in [2.05, 4.69) is 10.2 Å². The first-order valence-electron chi connectivity index (χ1n) is 4.90. The molecule has 16 heavy (non-hydrogen) atoms. The molecule has 1 aromatic carbocycles. The van der Waals surface area contributed by atoms with Crippen LogP contribution in [0.3, 0.4) is 0 Å². The van der Waals surface area contributed by atoms with Gasteiger partial charge in [-0.2, -0.15) is 15.0 Å². The van der Waals surface area contributed by atoms with Crippen LogP contribution in [-0.4, -0.2) is 32.1 Å². The van der Waals surface area contributed by atoms with Crippen LogP contribution in [0.15, 0.2) is 18.2 Å². The highest BCUT2D eigenvalue weighted by Crippen LogP contribution is 2.11. The summed E-state index contributed by atoms with van der Waals surface area (Å²) < 4.78 is 0. The zero-order valence-electron chi connectivity index (χ0n) is 8.79. The number of nitrogens with zero attached hydrogens (tertiary/aromatic N) is 3. The summed E-state index contributed by atoms with van der Waals surface area (Å²) in [6.45, 7) is 2.37. The fourth-order valence-electron chi connectivity index (χ4n) is 1.43. The number of hydrogen-bond donors (Lipinski definition) is 2. The van der Waals surface area contributed by atoms with Crippen molar-refractivity contribution in [3.8, 4) is 0 Å². The highest BCUT2D eigenvalue weighted by atomic mass is 16.4. The van der Waals surface area contributed by atoms with E-state index < -0.39 is 5.97 Å². The number of carbonyl (C=O) groups is 1. The van der Waals surface area contributed by atoms with E-state index in [0.29, 0.717) is 17.6 Å². The summed E-state index contributed by atoms with van der Waals surface area (Å²) in [5, 5.41) is 17.2. The minimum Gasteiger partial charge on any atom is -0.478 e. The van der Waals surface area contributed by atoms with E-state index in [0.717, 1.165) is 0 Å². The number of carboxylic acids is 1. The predicted octanol–water partition coefficient (Wildman–Crippen LogP) is 0.477. The number of hydrogen-bond acceptors (Lipinski definition) is 4. The lowest BCUT2D eigenvalue weighted by molar-refractivity contribution is 0.0697. The fraction of sp³-hybridized carbons (Fsp3) is 0.300. The van der Waals surface area contributed by atoms with Crippen molar-refractivity contribution in [1.29, 1.82) is 0 Å². The van der Waals surface area contributed by atoms with Gasteiger partial charge < -0.3 is 10.8 Å². The third-order valence-electron chi connectivity index (χ3n) is 2.12. The molecule has 0 aliphatic heterocycles. The first-order valence-corrected chi connectivity index (χ1v) is 4.90. The molecule has 6 heteroatoms. The minimum absolute atomic E-state index is 0.0410. The molecule has 0 bridgehead atoms. The summed E-state index contributed by atoms with van der Waals surface area (Å²) in [5.41, 5.74) is 7.08. The van der Waals surface area contributed by atoms with E-state index in [1.807, 2.05) is 6.92 Å². The zero-order chi connectivity index (χ0) is 11.7. The smallest absolute Gasteiger partial charge is 0.335 e. The van der Waals surface area contributed by atoms with Gasteiger partial charge >= 0.3 is 5.97 Å². The molecule has 0 radical (unpaired) electrons. The van der Waals surface area contributed by atoms with Gasteiger partial charge in [-0.05, 0) is 25.1 Å². The number of aromatic nitrogens is 3. The van der Waals surface area contributed by atoms with Crippen LogP contribution < -0.4 is 5.73 Å². The fourth-order valence-corrected chi connectivity index (χ4v) is 1.43. The molecule has 2 aromatic rings. The number of nitrogens with two attached hydrogens (primary N) is 1. The third-order valence-corrected chi connectivity index (χ3v) is 2.12. The molecular formula is C10H12N4O2. The van der Waals surface area contributed by atoms with Gasteiger partial charge in [0.2, 0.25) is 0 Å². The summed E-state index contributed by atoms with van der Waals surface area (Å²) in [4.78, 5) is 12.2. The molecule has 1 atom stereocenters. The average Bonchev–Trinajstić information content (AvgIpc) is 2.56. The Labute approximate surface area is 91.7 Å². The highest BCUT2D eigenvalue weighted by molar-refractivity contribution is 5.91. The molecule has 0 aliphatic rings. The van der Waals surface area contributed by atoms with E-state index in [1.165, 1.54) is 16.9 Å². The Morgan fingerprint density at radius 2 is 2.19 bits per heavy atom. The number of carboxylic acid groups (broad SMARTS) is 1. The second kappa shape index (κ2) is 3.90. The molecule has 0 spiro atoms. The van der Waals surface area contributed by atoms with Crippen LogP contribution in [0, 0.1) is 0 Å². The maximum absolute atomic E-state index is 10.8. The summed E-state index contributed by atoms with van der Waals surface area (Å²) in [5.74, 6) is -0.969. The molecule has 0 amide bonds. The van der Waals surface area contributed by atoms with Crippen LogP contribution in [0.25, 0.3) is 11.0 Å². The Morgan fingerprint density at radius 1 is 1.50 bits per heavy atom. The van der Waals surface area contributed by atoms with E-state index >= 15 is 0 Å². The Bertz CT molecular complexity index is 533. The number of rotatable bonds is 3. The molecule has 6 nitrogen and oxygen atoms in total. The van der Waals surface area contributed by atoms with Crippen LogP contribution >= 0.6 is 0 Å². The summed E-state index contributed by atoms with van der Waals surface area (Å²) >= 11 is 0. The first kappa shape index (κ1) is 10.6. The molecule has 0 aliphatic carbocycles. The molecule has 0 fully saturated rings. The van der Waals surface area contributed by atoms with Gasteiger partial charge in [-0.3, -0.25) is 0 Å². The van der Waals surface area contributed by atoms with Crippen LogP contribution in [0.2, 0.25) is 0 Å². The van der Waals surface area contributed by atoms with Crippen molar-refractivity contribution in [3.05, 3.63) is 23.8 Å². The first-order chi connectivity index (χ1) is 7.56. The molecule has 84 valence electrons. The molecule has 0 unspecified atom stereocenters. The topological polar surface area (TPSA) is 94.0 Å².